The average Bonchev–Trinajstić information content (AvgIpc) is 3.06. The van der Waals surface area contributed by atoms with E-state index in [1.807, 2.05) is 32.0 Å². The van der Waals surface area contributed by atoms with Crippen LogP contribution >= 0.6 is 23.4 Å². The number of hydrogen-bond acceptors (Lipinski definition) is 5. The molecular formula is C20H21ClF2N4O2S2. The maximum Gasteiger partial charge on any atom is 0.246 e. The van der Waals surface area contributed by atoms with Gasteiger partial charge in [0, 0.05) is 17.3 Å². The summed E-state index contributed by atoms with van der Waals surface area (Å²) in [5, 5.41) is 9.50. The smallest absolute Gasteiger partial charge is 0.246 e. The molecule has 3 rings (SSSR count). The minimum Gasteiger partial charge on any atom is -0.305 e. The monoisotopic (exact) mass is 486 g/mol. The summed E-state index contributed by atoms with van der Waals surface area (Å²) in [7, 11) is -4.42. The van der Waals surface area contributed by atoms with E-state index in [4.69, 9.17) is 11.6 Å². The fraction of sp³-hybridized carbons (Fsp3) is 0.300. The highest BCUT2D eigenvalue weighted by molar-refractivity contribution is 7.98. The zero-order valence-corrected chi connectivity index (χ0v) is 19.2. The lowest BCUT2D eigenvalue weighted by Crippen LogP contribution is -2.27. The van der Waals surface area contributed by atoms with Crippen molar-refractivity contribution in [2.75, 3.05) is 0 Å². The van der Waals surface area contributed by atoms with Crippen molar-refractivity contribution in [3.8, 4) is 0 Å². The third-order valence-corrected chi connectivity index (χ3v) is 7.10. The molecule has 2 aromatic carbocycles. The first-order chi connectivity index (χ1) is 14.7. The Hall–Kier alpha value is -2.01. The molecule has 0 aliphatic rings. The summed E-state index contributed by atoms with van der Waals surface area (Å²) < 4.78 is 56.8. The third-order valence-electron chi connectivity index (χ3n) is 4.26. The molecule has 11 heteroatoms. The summed E-state index contributed by atoms with van der Waals surface area (Å²) in [5.41, 5.74) is 0.936. The molecule has 6 nitrogen and oxygen atoms in total. The SMILES string of the molecule is CC(C)Cn1c(CNS(=O)(=O)c2c(F)cccc2F)nnc1SCc1ccccc1Cl. The summed E-state index contributed by atoms with van der Waals surface area (Å²) >= 11 is 7.63. The quantitative estimate of drug-likeness (QED) is 0.446. The average molecular weight is 487 g/mol. The molecule has 1 N–H and O–H groups in total. The van der Waals surface area contributed by atoms with Crippen molar-refractivity contribution in [3.63, 3.8) is 0 Å². The van der Waals surface area contributed by atoms with Crippen molar-refractivity contribution in [1.29, 1.82) is 0 Å². The molecular weight excluding hydrogens is 466 g/mol. The minimum atomic E-state index is -4.42. The van der Waals surface area contributed by atoms with Crippen LogP contribution in [-0.2, 0) is 28.9 Å². The standard InChI is InChI=1S/C20H21ClF2N4O2S2/c1-13(2)11-27-18(10-24-31(28,29)19-16(22)8-5-9-17(19)23)25-26-20(27)30-12-14-6-3-4-7-15(14)21/h3-9,13,24H,10-12H2,1-2H3. The molecule has 0 bridgehead atoms. The van der Waals surface area contributed by atoms with Crippen LogP contribution in [-0.4, -0.2) is 23.2 Å². The second kappa shape index (κ2) is 10.1. The first-order valence-corrected chi connectivity index (χ1v) is 12.3. The van der Waals surface area contributed by atoms with E-state index in [9.17, 15) is 17.2 Å². The van der Waals surface area contributed by atoms with Crippen molar-refractivity contribution < 1.29 is 17.2 Å². The van der Waals surface area contributed by atoms with Crippen LogP contribution in [0.1, 0.15) is 25.2 Å². The highest BCUT2D eigenvalue weighted by Gasteiger charge is 2.25. The number of thioether (sulfide) groups is 1. The van der Waals surface area contributed by atoms with E-state index in [1.165, 1.54) is 11.8 Å². The van der Waals surface area contributed by atoms with Crippen LogP contribution in [0.3, 0.4) is 0 Å². The largest absolute Gasteiger partial charge is 0.305 e. The summed E-state index contributed by atoms with van der Waals surface area (Å²) in [6, 6.07) is 10.3. The van der Waals surface area contributed by atoms with Crippen LogP contribution in [0, 0.1) is 17.6 Å². The van der Waals surface area contributed by atoms with E-state index in [0.29, 0.717) is 28.3 Å². The van der Waals surface area contributed by atoms with E-state index < -0.39 is 26.6 Å². The van der Waals surface area contributed by atoms with Gasteiger partial charge in [-0.25, -0.2) is 21.9 Å². The van der Waals surface area contributed by atoms with Gasteiger partial charge in [0.15, 0.2) is 10.1 Å². The first-order valence-electron chi connectivity index (χ1n) is 9.41. The number of sulfonamides is 1. The van der Waals surface area contributed by atoms with Crippen LogP contribution in [0.25, 0.3) is 0 Å². The molecule has 3 aromatic rings. The summed E-state index contributed by atoms with van der Waals surface area (Å²) in [6.45, 7) is 4.29. The second-order valence-electron chi connectivity index (χ2n) is 7.16. The number of hydrogen-bond donors (Lipinski definition) is 1. The molecule has 0 aliphatic heterocycles. The molecule has 1 aromatic heterocycles. The molecule has 0 spiro atoms. The van der Waals surface area contributed by atoms with Crippen LogP contribution in [0.5, 0.6) is 0 Å². The Morgan fingerprint density at radius 3 is 2.42 bits per heavy atom. The van der Waals surface area contributed by atoms with E-state index in [0.717, 1.165) is 23.8 Å². The predicted octanol–water partition coefficient (Wildman–Crippen LogP) is 4.64. The van der Waals surface area contributed by atoms with Crippen molar-refractivity contribution >= 4 is 33.4 Å². The van der Waals surface area contributed by atoms with Gasteiger partial charge in [-0.3, -0.25) is 0 Å². The molecule has 0 atom stereocenters. The Labute approximate surface area is 189 Å². The van der Waals surface area contributed by atoms with Gasteiger partial charge in [0.25, 0.3) is 0 Å². The van der Waals surface area contributed by atoms with Crippen LogP contribution in [0.2, 0.25) is 5.02 Å². The topological polar surface area (TPSA) is 76.9 Å². The van der Waals surface area contributed by atoms with Gasteiger partial charge in [0.05, 0.1) is 6.54 Å². The molecule has 0 fully saturated rings. The second-order valence-corrected chi connectivity index (χ2v) is 10.2. The van der Waals surface area contributed by atoms with Crippen molar-refractivity contribution in [2.24, 2.45) is 5.92 Å². The van der Waals surface area contributed by atoms with Gasteiger partial charge in [0.1, 0.15) is 17.5 Å². The highest BCUT2D eigenvalue weighted by Crippen LogP contribution is 2.27. The maximum atomic E-state index is 13.9. The van der Waals surface area contributed by atoms with Crippen LogP contribution in [0.15, 0.2) is 52.5 Å². The molecule has 1 heterocycles. The number of benzene rings is 2. The molecule has 0 radical (unpaired) electrons. The molecule has 166 valence electrons. The number of halogens is 3. The zero-order valence-electron chi connectivity index (χ0n) is 16.8. The number of rotatable bonds is 9. The van der Waals surface area contributed by atoms with Gasteiger partial charge in [-0.2, -0.15) is 0 Å². The highest BCUT2D eigenvalue weighted by atomic mass is 35.5. The molecule has 0 aliphatic carbocycles. The molecule has 0 saturated heterocycles. The Bertz CT molecular complexity index is 1150. The number of nitrogens with one attached hydrogen (secondary N) is 1. The molecule has 0 amide bonds. The fourth-order valence-electron chi connectivity index (χ4n) is 2.83. The Kier molecular flexibility index (Phi) is 7.68. The van der Waals surface area contributed by atoms with Gasteiger partial charge >= 0.3 is 0 Å². The lowest BCUT2D eigenvalue weighted by molar-refractivity contribution is 0.475. The lowest BCUT2D eigenvalue weighted by Gasteiger charge is -2.13. The molecule has 0 unspecified atom stereocenters. The van der Waals surface area contributed by atoms with Gasteiger partial charge in [-0.15, -0.1) is 10.2 Å². The van der Waals surface area contributed by atoms with Gasteiger partial charge in [-0.05, 0) is 29.7 Å². The first kappa shape index (κ1) is 23.6. The third kappa shape index (κ3) is 5.82. The normalized spacial score (nSPS) is 11.9. The van der Waals surface area contributed by atoms with E-state index in [2.05, 4.69) is 14.9 Å². The van der Waals surface area contributed by atoms with Crippen molar-refractivity contribution in [2.45, 2.75) is 42.7 Å². The lowest BCUT2D eigenvalue weighted by atomic mass is 10.2. The molecule has 31 heavy (non-hydrogen) atoms. The zero-order chi connectivity index (χ0) is 22.6. The van der Waals surface area contributed by atoms with Gasteiger partial charge in [0.2, 0.25) is 10.0 Å². The van der Waals surface area contributed by atoms with Crippen LogP contribution < -0.4 is 4.72 Å². The van der Waals surface area contributed by atoms with E-state index in [1.54, 1.807) is 10.6 Å². The minimum absolute atomic E-state index is 0.232. The molecule has 0 saturated carbocycles. The number of aromatic nitrogens is 3. The van der Waals surface area contributed by atoms with E-state index >= 15 is 0 Å². The Morgan fingerprint density at radius 1 is 1.10 bits per heavy atom. The van der Waals surface area contributed by atoms with Crippen molar-refractivity contribution in [1.82, 2.24) is 19.5 Å². The Balaban J connectivity index is 1.80. The fourth-order valence-corrected chi connectivity index (χ4v) is 5.20. The van der Waals surface area contributed by atoms with Crippen molar-refractivity contribution in [3.05, 3.63) is 70.5 Å². The van der Waals surface area contributed by atoms with Gasteiger partial charge in [-0.1, -0.05) is 61.5 Å². The summed E-state index contributed by atoms with van der Waals surface area (Å²) in [6.07, 6.45) is 0. The maximum absolute atomic E-state index is 13.9. The predicted molar refractivity (Wildman–Crippen MR) is 116 cm³/mol. The van der Waals surface area contributed by atoms with E-state index in [-0.39, 0.29) is 12.5 Å². The summed E-state index contributed by atoms with van der Waals surface area (Å²) in [4.78, 5) is -1.02. The van der Waals surface area contributed by atoms with Crippen LogP contribution in [0.4, 0.5) is 8.78 Å². The van der Waals surface area contributed by atoms with Gasteiger partial charge < -0.3 is 4.57 Å². The number of nitrogens with zero attached hydrogens (tertiary/aromatic N) is 3. The Morgan fingerprint density at radius 2 is 1.77 bits per heavy atom. The summed E-state index contributed by atoms with van der Waals surface area (Å²) in [5.74, 6) is -1.19.